The van der Waals surface area contributed by atoms with E-state index in [1.54, 1.807) is 30.3 Å². The van der Waals surface area contributed by atoms with Gasteiger partial charge in [-0.1, -0.05) is 18.2 Å². The van der Waals surface area contributed by atoms with Crippen LogP contribution in [0, 0.1) is 6.92 Å². The highest BCUT2D eigenvalue weighted by atomic mass is 127. The number of hydrogen-bond donors (Lipinski definition) is 2. The van der Waals surface area contributed by atoms with Crippen LogP contribution in [0.15, 0.2) is 40.7 Å². The number of benzene rings is 1. The van der Waals surface area contributed by atoms with Gasteiger partial charge < -0.3 is 25.0 Å². The number of nitrogens with one attached hydrogen (secondary N) is 2. The number of hydrogen-bond acceptors (Lipinski definition) is 5. The van der Waals surface area contributed by atoms with Crippen molar-refractivity contribution < 1.29 is 14.3 Å². The molecule has 0 radical (unpaired) electrons. The van der Waals surface area contributed by atoms with E-state index in [-0.39, 0.29) is 42.5 Å². The molecule has 0 aliphatic carbocycles. The summed E-state index contributed by atoms with van der Waals surface area (Å²) < 4.78 is 11.6. The molecule has 2 aromatic rings. The molecule has 1 unspecified atom stereocenters. The predicted molar refractivity (Wildman–Crippen MR) is 140 cm³/mol. The second-order valence-electron chi connectivity index (χ2n) is 7.78. The van der Waals surface area contributed by atoms with E-state index in [0.29, 0.717) is 19.1 Å². The number of nitrogens with zero attached hydrogens (tertiary/aromatic N) is 2. The maximum Gasteiger partial charge on any atom is 0.241 e. The van der Waals surface area contributed by atoms with Crippen LogP contribution in [0.4, 0.5) is 0 Å². The molecule has 176 valence electrons. The molecular formula is C23H33IN4O3S. The smallest absolute Gasteiger partial charge is 0.241 e. The fourth-order valence-corrected chi connectivity index (χ4v) is 3.81. The van der Waals surface area contributed by atoms with Crippen LogP contribution in [0.2, 0.25) is 0 Å². The van der Waals surface area contributed by atoms with Crippen LogP contribution in [0.25, 0.3) is 0 Å². The highest BCUT2D eigenvalue weighted by Gasteiger charge is 2.18. The van der Waals surface area contributed by atoms with Gasteiger partial charge in [0, 0.05) is 37.5 Å². The summed E-state index contributed by atoms with van der Waals surface area (Å²) in [6.07, 6.45) is 1.89. The number of aryl methyl sites for hydroxylation is 1. The Morgan fingerprint density at radius 3 is 2.84 bits per heavy atom. The lowest BCUT2D eigenvalue weighted by molar-refractivity contribution is -0.127. The molecule has 1 atom stereocenters. The standard InChI is InChI=1S/C23H32N4O3S.HI/c1-17-6-7-18(21(13-17)30-19-9-11-29-16-19)14-25-23(26-15-22(28)27(2)3)24-10-8-20-5-4-12-31-20;/h4-7,12-13,19H,8-11,14-16H2,1-3H3,(H2,24,25,26);1H. The Labute approximate surface area is 211 Å². The summed E-state index contributed by atoms with van der Waals surface area (Å²) in [5, 5.41) is 8.56. The van der Waals surface area contributed by atoms with E-state index in [0.717, 1.165) is 42.9 Å². The first-order valence-corrected chi connectivity index (χ1v) is 11.5. The topological polar surface area (TPSA) is 75.2 Å². The second kappa shape index (κ2) is 13.6. The van der Waals surface area contributed by atoms with Gasteiger partial charge in [-0.3, -0.25) is 4.79 Å². The zero-order valence-electron chi connectivity index (χ0n) is 18.9. The molecule has 1 amide bonds. The zero-order valence-corrected chi connectivity index (χ0v) is 22.1. The van der Waals surface area contributed by atoms with Crippen molar-refractivity contribution in [1.82, 2.24) is 15.5 Å². The molecule has 32 heavy (non-hydrogen) atoms. The molecule has 1 saturated heterocycles. The fourth-order valence-electron chi connectivity index (χ4n) is 3.10. The fraction of sp³-hybridized carbons (Fsp3) is 0.478. The summed E-state index contributed by atoms with van der Waals surface area (Å²) in [5.41, 5.74) is 2.15. The molecule has 0 bridgehead atoms. The second-order valence-corrected chi connectivity index (χ2v) is 8.81. The average Bonchev–Trinajstić information content (AvgIpc) is 3.44. The van der Waals surface area contributed by atoms with Crippen LogP contribution >= 0.6 is 35.3 Å². The van der Waals surface area contributed by atoms with Crippen molar-refractivity contribution in [2.45, 2.75) is 32.4 Å². The minimum absolute atomic E-state index is 0. The first kappa shape index (κ1) is 26.4. The largest absolute Gasteiger partial charge is 0.488 e. The molecule has 9 heteroatoms. The molecule has 1 aliphatic heterocycles. The third-order valence-corrected chi connectivity index (χ3v) is 5.90. The molecule has 0 spiro atoms. The van der Waals surface area contributed by atoms with Gasteiger partial charge in [-0.05, 0) is 36.4 Å². The normalized spacial score (nSPS) is 15.7. The summed E-state index contributed by atoms with van der Waals surface area (Å²) >= 11 is 1.74. The number of ether oxygens (including phenoxy) is 2. The van der Waals surface area contributed by atoms with Crippen molar-refractivity contribution >= 4 is 47.2 Å². The summed E-state index contributed by atoms with van der Waals surface area (Å²) in [5.74, 6) is 1.46. The van der Waals surface area contributed by atoms with Crippen molar-refractivity contribution in [3.05, 3.63) is 51.7 Å². The third-order valence-electron chi connectivity index (χ3n) is 4.96. The number of carbonyl (C=O) groups is 1. The van der Waals surface area contributed by atoms with Gasteiger partial charge in [0.2, 0.25) is 5.91 Å². The summed E-state index contributed by atoms with van der Waals surface area (Å²) in [6.45, 7) is 4.80. The van der Waals surface area contributed by atoms with Gasteiger partial charge in [0.1, 0.15) is 11.9 Å². The lowest BCUT2D eigenvalue weighted by Crippen LogP contribution is -2.43. The number of carbonyl (C=O) groups excluding carboxylic acids is 1. The van der Waals surface area contributed by atoms with E-state index >= 15 is 0 Å². The number of likely N-dealkylation sites (N-methyl/N-ethyl adjacent to an activating group) is 1. The monoisotopic (exact) mass is 572 g/mol. The van der Waals surface area contributed by atoms with Crippen molar-refractivity contribution in [3.8, 4) is 5.75 Å². The molecule has 1 aromatic carbocycles. The summed E-state index contributed by atoms with van der Waals surface area (Å²) in [6, 6.07) is 10.3. The number of thiophene rings is 1. The molecule has 2 heterocycles. The molecular weight excluding hydrogens is 539 g/mol. The number of aliphatic imine (C=N–C) groups is 1. The predicted octanol–water partition coefficient (Wildman–Crippen LogP) is 3.21. The van der Waals surface area contributed by atoms with Crippen molar-refractivity contribution in [2.24, 2.45) is 4.99 Å². The van der Waals surface area contributed by atoms with Crippen molar-refractivity contribution in [1.29, 1.82) is 0 Å². The highest BCUT2D eigenvalue weighted by molar-refractivity contribution is 14.0. The lowest BCUT2D eigenvalue weighted by Gasteiger charge is -2.17. The van der Waals surface area contributed by atoms with Gasteiger partial charge in [-0.2, -0.15) is 0 Å². The van der Waals surface area contributed by atoms with Gasteiger partial charge in [0.05, 0.1) is 26.3 Å². The molecule has 7 nitrogen and oxygen atoms in total. The highest BCUT2D eigenvalue weighted by Crippen LogP contribution is 2.24. The average molecular weight is 573 g/mol. The lowest BCUT2D eigenvalue weighted by atomic mass is 10.1. The summed E-state index contributed by atoms with van der Waals surface area (Å²) in [4.78, 5) is 19.6. The Kier molecular flexibility index (Phi) is 11.3. The van der Waals surface area contributed by atoms with Gasteiger partial charge in [-0.25, -0.2) is 4.99 Å². The van der Waals surface area contributed by atoms with E-state index in [4.69, 9.17) is 14.5 Å². The van der Waals surface area contributed by atoms with E-state index < -0.39 is 0 Å². The minimum atomic E-state index is -0.00616. The van der Waals surface area contributed by atoms with Crippen LogP contribution < -0.4 is 15.4 Å². The number of rotatable bonds is 9. The van der Waals surface area contributed by atoms with Crippen LogP contribution in [0.3, 0.4) is 0 Å². The molecule has 3 rings (SSSR count). The van der Waals surface area contributed by atoms with Gasteiger partial charge in [0.15, 0.2) is 5.96 Å². The van der Waals surface area contributed by atoms with Gasteiger partial charge in [-0.15, -0.1) is 35.3 Å². The third kappa shape index (κ3) is 8.59. The van der Waals surface area contributed by atoms with Crippen LogP contribution in [-0.2, 0) is 22.5 Å². The molecule has 1 aromatic heterocycles. The van der Waals surface area contributed by atoms with Crippen LogP contribution in [0.5, 0.6) is 5.75 Å². The summed E-state index contributed by atoms with van der Waals surface area (Å²) in [7, 11) is 3.49. The van der Waals surface area contributed by atoms with Gasteiger partial charge in [0.25, 0.3) is 0 Å². The van der Waals surface area contributed by atoms with Crippen LogP contribution in [-0.4, -0.2) is 63.3 Å². The molecule has 0 saturated carbocycles. The Balaban J connectivity index is 0.00000363. The van der Waals surface area contributed by atoms with E-state index in [1.807, 2.05) is 0 Å². The Bertz CT molecular complexity index is 868. The zero-order chi connectivity index (χ0) is 22.1. The maximum atomic E-state index is 12.0. The van der Waals surface area contributed by atoms with Crippen LogP contribution in [0.1, 0.15) is 22.4 Å². The first-order chi connectivity index (χ1) is 15.0. The molecule has 1 aliphatic rings. The molecule has 2 N–H and O–H groups in total. The number of guanidine groups is 1. The minimum Gasteiger partial charge on any atom is -0.488 e. The Morgan fingerprint density at radius 1 is 1.31 bits per heavy atom. The maximum absolute atomic E-state index is 12.0. The van der Waals surface area contributed by atoms with E-state index in [1.165, 1.54) is 4.88 Å². The van der Waals surface area contributed by atoms with Crippen molar-refractivity contribution in [3.63, 3.8) is 0 Å². The van der Waals surface area contributed by atoms with E-state index in [2.05, 4.69) is 53.3 Å². The number of halogens is 1. The first-order valence-electron chi connectivity index (χ1n) is 10.6. The van der Waals surface area contributed by atoms with E-state index in [9.17, 15) is 4.79 Å². The number of amides is 1. The SMILES string of the molecule is Cc1ccc(CN=C(NCCc2cccs2)NCC(=O)N(C)C)c(OC2CCOC2)c1.I. The Morgan fingerprint density at radius 2 is 2.16 bits per heavy atom. The van der Waals surface area contributed by atoms with Crippen molar-refractivity contribution in [2.75, 3.05) is 40.4 Å². The molecule has 1 fully saturated rings. The Hall–Kier alpha value is -1.85. The van der Waals surface area contributed by atoms with Gasteiger partial charge >= 0.3 is 0 Å². The quantitative estimate of drug-likeness (QED) is 0.274.